The van der Waals surface area contributed by atoms with Crippen LogP contribution in [0.15, 0.2) is 30.6 Å². The number of imidazole rings is 1. The number of nitrogens with zero attached hydrogens (tertiary/aromatic N) is 2. The molecule has 90 valence electrons. The number of aromatic nitrogens is 2. The Morgan fingerprint density at radius 1 is 1.29 bits per heavy atom. The largest absolute Gasteiger partial charge is 0.375 e. The van der Waals surface area contributed by atoms with Gasteiger partial charge in [-0.2, -0.15) is 0 Å². The zero-order chi connectivity index (χ0) is 12.4. The van der Waals surface area contributed by atoms with Gasteiger partial charge in [0.15, 0.2) is 0 Å². The standard InChI is InChI=1S/C14H19N3/c1-10-6-5-7-13(11(10)2)16-12(3)14-15-8-9-17(14)4/h5-9,12,16H,1-4H3. The van der Waals surface area contributed by atoms with Crippen molar-refractivity contribution >= 4 is 5.69 Å². The van der Waals surface area contributed by atoms with Crippen LogP contribution in [0.3, 0.4) is 0 Å². The predicted octanol–water partition coefficient (Wildman–Crippen LogP) is 3.21. The number of anilines is 1. The van der Waals surface area contributed by atoms with Gasteiger partial charge >= 0.3 is 0 Å². The number of aryl methyl sites for hydroxylation is 2. The lowest BCUT2D eigenvalue weighted by Gasteiger charge is -2.17. The van der Waals surface area contributed by atoms with Crippen molar-refractivity contribution in [1.29, 1.82) is 0 Å². The van der Waals surface area contributed by atoms with Gasteiger partial charge in [-0.1, -0.05) is 12.1 Å². The van der Waals surface area contributed by atoms with Gasteiger partial charge < -0.3 is 9.88 Å². The molecule has 0 saturated carbocycles. The maximum absolute atomic E-state index is 4.36. The molecule has 1 heterocycles. The van der Waals surface area contributed by atoms with E-state index in [0.717, 1.165) is 5.82 Å². The van der Waals surface area contributed by atoms with E-state index in [9.17, 15) is 0 Å². The second-order valence-electron chi connectivity index (χ2n) is 4.51. The van der Waals surface area contributed by atoms with Gasteiger partial charge in [0, 0.05) is 25.1 Å². The van der Waals surface area contributed by atoms with Crippen LogP contribution in [0.2, 0.25) is 0 Å². The normalized spacial score (nSPS) is 12.5. The molecule has 3 heteroatoms. The third-order valence-corrected chi connectivity index (χ3v) is 3.22. The van der Waals surface area contributed by atoms with E-state index in [4.69, 9.17) is 0 Å². The van der Waals surface area contributed by atoms with Crippen molar-refractivity contribution in [2.75, 3.05) is 5.32 Å². The summed E-state index contributed by atoms with van der Waals surface area (Å²) in [7, 11) is 2.02. The summed E-state index contributed by atoms with van der Waals surface area (Å²) in [4.78, 5) is 4.36. The lowest BCUT2D eigenvalue weighted by atomic mass is 10.1. The summed E-state index contributed by atoms with van der Waals surface area (Å²) in [5, 5.41) is 3.51. The lowest BCUT2D eigenvalue weighted by molar-refractivity contribution is 0.721. The first-order chi connectivity index (χ1) is 8.09. The molecule has 17 heavy (non-hydrogen) atoms. The van der Waals surface area contributed by atoms with E-state index in [-0.39, 0.29) is 6.04 Å². The topological polar surface area (TPSA) is 29.9 Å². The van der Waals surface area contributed by atoms with E-state index in [1.165, 1.54) is 16.8 Å². The summed E-state index contributed by atoms with van der Waals surface area (Å²) < 4.78 is 2.04. The fraction of sp³-hybridized carbons (Fsp3) is 0.357. The molecule has 3 nitrogen and oxygen atoms in total. The summed E-state index contributed by atoms with van der Waals surface area (Å²) in [6.07, 6.45) is 3.80. The van der Waals surface area contributed by atoms with Crippen LogP contribution >= 0.6 is 0 Å². The predicted molar refractivity (Wildman–Crippen MR) is 71.2 cm³/mol. The monoisotopic (exact) mass is 229 g/mol. The van der Waals surface area contributed by atoms with E-state index in [1.54, 1.807) is 0 Å². The fourth-order valence-electron chi connectivity index (χ4n) is 2.00. The zero-order valence-electron chi connectivity index (χ0n) is 10.9. The first-order valence-corrected chi connectivity index (χ1v) is 5.89. The van der Waals surface area contributed by atoms with Crippen LogP contribution in [-0.4, -0.2) is 9.55 Å². The van der Waals surface area contributed by atoms with Crippen molar-refractivity contribution in [3.63, 3.8) is 0 Å². The molecule has 1 unspecified atom stereocenters. The Balaban J connectivity index is 2.22. The van der Waals surface area contributed by atoms with Crippen molar-refractivity contribution in [2.45, 2.75) is 26.8 Å². The minimum atomic E-state index is 0.204. The van der Waals surface area contributed by atoms with Gasteiger partial charge in [-0.25, -0.2) is 4.98 Å². The molecule has 0 aliphatic heterocycles. The second-order valence-corrected chi connectivity index (χ2v) is 4.51. The molecule has 0 spiro atoms. The molecule has 0 fully saturated rings. The van der Waals surface area contributed by atoms with Crippen molar-refractivity contribution < 1.29 is 0 Å². The SMILES string of the molecule is Cc1cccc(NC(C)c2nccn2C)c1C. The highest BCUT2D eigenvalue weighted by Crippen LogP contribution is 2.22. The Hall–Kier alpha value is -1.77. The fourth-order valence-corrected chi connectivity index (χ4v) is 2.00. The first kappa shape index (κ1) is 11.7. The highest BCUT2D eigenvalue weighted by Gasteiger charge is 2.11. The Morgan fingerprint density at radius 2 is 2.06 bits per heavy atom. The van der Waals surface area contributed by atoms with Crippen LogP contribution in [0.5, 0.6) is 0 Å². The maximum Gasteiger partial charge on any atom is 0.130 e. The molecular weight excluding hydrogens is 210 g/mol. The van der Waals surface area contributed by atoms with E-state index >= 15 is 0 Å². The molecule has 1 aromatic heterocycles. The van der Waals surface area contributed by atoms with E-state index in [2.05, 4.69) is 49.3 Å². The molecule has 2 aromatic rings. The molecule has 0 amide bonds. The molecule has 0 aliphatic rings. The molecule has 0 bridgehead atoms. The smallest absolute Gasteiger partial charge is 0.130 e. The third-order valence-electron chi connectivity index (χ3n) is 3.22. The van der Waals surface area contributed by atoms with Crippen molar-refractivity contribution in [3.8, 4) is 0 Å². The van der Waals surface area contributed by atoms with Crippen LogP contribution in [0.4, 0.5) is 5.69 Å². The molecule has 0 aliphatic carbocycles. The van der Waals surface area contributed by atoms with Crippen molar-refractivity contribution in [2.24, 2.45) is 7.05 Å². The van der Waals surface area contributed by atoms with Gasteiger partial charge in [-0.05, 0) is 38.0 Å². The number of hydrogen-bond acceptors (Lipinski definition) is 2. The molecule has 0 radical (unpaired) electrons. The molecule has 2 rings (SSSR count). The van der Waals surface area contributed by atoms with Crippen molar-refractivity contribution in [1.82, 2.24) is 9.55 Å². The van der Waals surface area contributed by atoms with Crippen LogP contribution in [-0.2, 0) is 7.05 Å². The van der Waals surface area contributed by atoms with E-state index in [1.807, 2.05) is 24.0 Å². The Kier molecular flexibility index (Phi) is 3.18. The second kappa shape index (κ2) is 4.62. The van der Waals surface area contributed by atoms with Gasteiger partial charge in [0.1, 0.15) is 5.82 Å². The summed E-state index contributed by atoms with van der Waals surface area (Å²) in [6, 6.07) is 6.53. The summed E-state index contributed by atoms with van der Waals surface area (Å²) >= 11 is 0. The molecular formula is C14H19N3. The summed E-state index contributed by atoms with van der Waals surface area (Å²) in [5.41, 5.74) is 3.79. The Labute approximate surface area is 103 Å². The van der Waals surface area contributed by atoms with Crippen LogP contribution < -0.4 is 5.32 Å². The van der Waals surface area contributed by atoms with Gasteiger partial charge in [-0.3, -0.25) is 0 Å². The molecule has 1 N–H and O–H groups in total. The number of benzene rings is 1. The first-order valence-electron chi connectivity index (χ1n) is 5.89. The highest BCUT2D eigenvalue weighted by atomic mass is 15.1. The van der Waals surface area contributed by atoms with Gasteiger partial charge in [0.2, 0.25) is 0 Å². The van der Waals surface area contributed by atoms with E-state index < -0.39 is 0 Å². The number of hydrogen-bond donors (Lipinski definition) is 1. The van der Waals surface area contributed by atoms with Crippen LogP contribution in [0.1, 0.15) is 29.9 Å². The van der Waals surface area contributed by atoms with Gasteiger partial charge in [-0.15, -0.1) is 0 Å². The summed E-state index contributed by atoms with van der Waals surface area (Å²) in [6.45, 7) is 6.40. The number of nitrogens with one attached hydrogen (secondary N) is 1. The van der Waals surface area contributed by atoms with Gasteiger partial charge in [0.05, 0.1) is 6.04 Å². The Bertz CT molecular complexity index is 514. The molecule has 1 atom stereocenters. The minimum Gasteiger partial charge on any atom is -0.375 e. The molecule has 0 saturated heterocycles. The minimum absolute atomic E-state index is 0.204. The van der Waals surface area contributed by atoms with Crippen molar-refractivity contribution in [3.05, 3.63) is 47.5 Å². The Morgan fingerprint density at radius 3 is 2.71 bits per heavy atom. The highest BCUT2D eigenvalue weighted by molar-refractivity contribution is 5.54. The average molecular weight is 229 g/mol. The molecule has 1 aromatic carbocycles. The van der Waals surface area contributed by atoms with Crippen LogP contribution in [0.25, 0.3) is 0 Å². The quantitative estimate of drug-likeness (QED) is 0.875. The average Bonchev–Trinajstić information content (AvgIpc) is 2.71. The zero-order valence-corrected chi connectivity index (χ0v) is 10.9. The van der Waals surface area contributed by atoms with Crippen LogP contribution in [0, 0.1) is 13.8 Å². The lowest BCUT2D eigenvalue weighted by Crippen LogP contribution is -2.12. The maximum atomic E-state index is 4.36. The number of rotatable bonds is 3. The summed E-state index contributed by atoms with van der Waals surface area (Å²) in [5.74, 6) is 1.05. The third kappa shape index (κ3) is 2.33. The van der Waals surface area contributed by atoms with Gasteiger partial charge in [0.25, 0.3) is 0 Å². The van der Waals surface area contributed by atoms with E-state index in [0.29, 0.717) is 0 Å².